The van der Waals surface area contributed by atoms with E-state index < -0.39 is 29.0 Å². The predicted molar refractivity (Wildman–Crippen MR) is 96.5 cm³/mol. The monoisotopic (exact) mass is 376 g/mol. The van der Waals surface area contributed by atoms with Gasteiger partial charge in [0.1, 0.15) is 6.10 Å². The van der Waals surface area contributed by atoms with E-state index >= 15 is 0 Å². The molecule has 2 saturated carbocycles. The number of allylic oxidation sites excluding steroid dienone is 2. The van der Waals surface area contributed by atoms with E-state index in [-0.39, 0.29) is 29.7 Å². The van der Waals surface area contributed by atoms with Crippen molar-refractivity contribution in [3.8, 4) is 0 Å². The minimum absolute atomic E-state index is 0.0281. The Morgan fingerprint density at radius 3 is 2.56 bits per heavy atom. The van der Waals surface area contributed by atoms with Gasteiger partial charge < -0.3 is 19.3 Å². The maximum Gasteiger partial charge on any atom is 0.331 e. The molecule has 148 valence electrons. The zero-order chi connectivity index (χ0) is 19.7. The number of ether oxygens (including phenoxy) is 3. The van der Waals surface area contributed by atoms with Crippen LogP contribution in [0.4, 0.5) is 0 Å². The van der Waals surface area contributed by atoms with Gasteiger partial charge >= 0.3 is 5.97 Å². The van der Waals surface area contributed by atoms with E-state index in [0.29, 0.717) is 18.6 Å². The summed E-state index contributed by atoms with van der Waals surface area (Å²) in [4.78, 5) is 25.7. The van der Waals surface area contributed by atoms with Crippen LogP contribution in [-0.2, 0) is 23.8 Å². The van der Waals surface area contributed by atoms with Crippen LogP contribution in [-0.4, -0.2) is 49.4 Å². The van der Waals surface area contributed by atoms with Crippen LogP contribution in [0.2, 0.25) is 0 Å². The van der Waals surface area contributed by atoms with Crippen LogP contribution in [0.1, 0.15) is 33.6 Å². The zero-order valence-electron chi connectivity index (χ0n) is 16.5. The van der Waals surface area contributed by atoms with Crippen LogP contribution in [0.25, 0.3) is 0 Å². The molecule has 0 saturated heterocycles. The molecule has 0 aromatic heterocycles. The molecule has 0 bridgehead atoms. The first-order chi connectivity index (χ1) is 12.7. The molecule has 1 N–H and O–H groups in total. The van der Waals surface area contributed by atoms with Crippen molar-refractivity contribution >= 4 is 11.8 Å². The number of rotatable bonds is 2. The Morgan fingerprint density at radius 1 is 1.22 bits per heavy atom. The van der Waals surface area contributed by atoms with Crippen molar-refractivity contribution in [2.45, 2.75) is 51.9 Å². The Hall–Kier alpha value is -1.66. The highest BCUT2D eigenvalue weighted by atomic mass is 16.5. The summed E-state index contributed by atoms with van der Waals surface area (Å²) < 4.78 is 16.7. The van der Waals surface area contributed by atoms with Crippen molar-refractivity contribution in [2.24, 2.45) is 28.6 Å². The highest BCUT2D eigenvalue weighted by molar-refractivity contribution is 6.00. The van der Waals surface area contributed by atoms with Gasteiger partial charge in [-0.15, -0.1) is 0 Å². The first kappa shape index (κ1) is 18.7. The summed E-state index contributed by atoms with van der Waals surface area (Å²) >= 11 is 0. The molecule has 0 aromatic carbocycles. The molecule has 0 aromatic rings. The fourth-order valence-corrected chi connectivity index (χ4v) is 6.61. The van der Waals surface area contributed by atoms with Gasteiger partial charge in [0.25, 0.3) is 0 Å². The van der Waals surface area contributed by atoms with Gasteiger partial charge in [-0.05, 0) is 30.4 Å². The number of hydrogen-bond donors (Lipinski definition) is 1. The van der Waals surface area contributed by atoms with E-state index in [9.17, 15) is 14.7 Å². The van der Waals surface area contributed by atoms with Gasteiger partial charge in [-0.1, -0.05) is 20.8 Å². The van der Waals surface area contributed by atoms with Gasteiger partial charge in [-0.2, -0.15) is 0 Å². The maximum atomic E-state index is 13.4. The molecular formula is C21H28O6. The Labute approximate surface area is 159 Å². The smallest absolute Gasteiger partial charge is 0.331 e. The molecule has 1 heterocycles. The number of Topliss-reactive ketones (excluding diaryl/α,β-unsaturated/α-hetero) is 1. The number of fused-ring (bicyclic) bond motifs is 2. The minimum atomic E-state index is -0.848. The maximum absolute atomic E-state index is 13.4. The largest absolute Gasteiger partial charge is 0.493 e. The second-order valence-corrected chi connectivity index (χ2v) is 8.82. The summed E-state index contributed by atoms with van der Waals surface area (Å²) in [5.41, 5.74) is -0.504. The highest BCUT2D eigenvalue weighted by Gasteiger charge is 2.70. The Kier molecular flexibility index (Phi) is 4.10. The fraction of sp³-hybridized carbons (Fsp3) is 0.714. The van der Waals surface area contributed by atoms with Crippen LogP contribution in [0, 0.1) is 28.6 Å². The molecule has 8 atom stereocenters. The number of esters is 1. The zero-order valence-corrected chi connectivity index (χ0v) is 16.5. The van der Waals surface area contributed by atoms with E-state index in [0.717, 1.165) is 5.57 Å². The fourth-order valence-electron chi connectivity index (χ4n) is 6.61. The van der Waals surface area contributed by atoms with Crippen molar-refractivity contribution in [3.63, 3.8) is 0 Å². The number of hydrogen-bond acceptors (Lipinski definition) is 6. The van der Waals surface area contributed by atoms with Crippen molar-refractivity contribution < 1.29 is 28.9 Å². The average molecular weight is 376 g/mol. The van der Waals surface area contributed by atoms with Crippen LogP contribution < -0.4 is 0 Å². The first-order valence-electron chi connectivity index (χ1n) is 9.63. The molecular weight excluding hydrogens is 348 g/mol. The molecule has 1 aliphatic heterocycles. The number of aliphatic hydroxyl groups is 1. The first-order valence-corrected chi connectivity index (χ1v) is 9.63. The standard InChI is InChI=1S/C21H28O6/c1-10-12-9-15(22)27-14-8-11-6-7-13(25-4)19(24)20(11,2)18(21(12,14)3)16(23)17(10)26-5/h7,9-11,14,16-18,23H,6,8H2,1-5H3/t10-,11-,14-,16-,17+,18-,20+,21-/m1/s1. The van der Waals surface area contributed by atoms with E-state index in [1.807, 2.05) is 26.8 Å². The lowest BCUT2D eigenvalue weighted by Gasteiger charge is -2.65. The molecule has 3 aliphatic carbocycles. The second kappa shape index (κ2) is 5.92. The average Bonchev–Trinajstić information content (AvgIpc) is 2.61. The third-order valence-electron chi connectivity index (χ3n) is 7.92. The second-order valence-electron chi connectivity index (χ2n) is 8.82. The summed E-state index contributed by atoms with van der Waals surface area (Å²) in [5.74, 6) is -0.666. The molecule has 0 unspecified atom stereocenters. The van der Waals surface area contributed by atoms with Gasteiger partial charge in [0.05, 0.1) is 19.3 Å². The summed E-state index contributed by atoms with van der Waals surface area (Å²) in [6.45, 7) is 5.95. The minimum Gasteiger partial charge on any atom is -0.493 e. The van der Waals surface area contributed by atoms with E-state index in [2.05, 4.69) is 0 Å². The summed E-state index contributed by atoms with van der Waals surface area (Å²) in [5, 5.41) is 11.4. The molecule has 6 heteroatoms. The number of methoxy groups -OCH3 is 2. The Morgan fingerprint density at radius 2 is 1.93 bits per heavy atom. The van der Waals surface area contributed by atoms with E-state index in [1.54, 1.807) is 13.2 Å². The predicted octanol–water partition coefficient (Wildman–Crippen LogP) is 2.02. The molecule has 4 aliphatic rings. The van der Waals surface area contributed by atoms with Gasteiger partial charge in [-0.25, -0.2) is 4.79 Å². The molecule has 27 heavy (non-hydrogen) atoms. The topological polar surface area (TPSA) is 82.1 Å². The summed E-state index contributed by atoms with van der Waals surface area (Å²) in [7, 11) is 3.07. The van der Waals surface area contributed by atoms with Crippen LogP contribution in [0.5, 0.6) is 0 Å². The third kappa shape index (κ3) is 2.14. The number of ketones is 1. The summed E-state index contributed by atoms with van der Waals surface area (Å²) in [6.07, 6.45) is 2.95. The van der Waals surface area contributed by atoms with Gasteiger partial charge in [0.15, 0.2) is 5.76 Å². The summed E-state index contributed by atoms with van der Waals surface area (Å²) in [6, 6.07) is 0. The lowest BCUT2D eigenvalue weighted by Crippen LogP contribution is -2.70. The molecule has 4 rings (SSSR count). The van der Waals surface area contributed by atoms with Gasteiger partial charge in [-0.3, -0.25) is 4.79 Å². The molecule has 6 nitrogen and oxygen atoms in total. The molecule has 0 spiro atoms. The van der Waals surface area contributed by atoms with E-state index in [4.69, 9.17) is 14.2 Å². The molecule has 0 radical (unpaired) electrons. The van der Waals surface area contributed by atoms with Crippen molar-refractivity contribution in [1.82, 2.24) is 0 Å². The van der Waals surface area contributed by atoms with Gasteiger partial charge in [0, 0.05) is 35.9 Å². The number of carbonyl (C=O) groups is 2. The number of aliphatic hydroxyl groups excluding tert-OH is 1. The Balaban J connectivity index is 1.94. The van der Waals surface area contributed by atoms with Crippen molar-refractivity contribution in [2.75, 3.05) is 14.2 Å². The number of carbonyl (C=O) groups excluding carboxylic acids is 2. The lowest BCUT2D eigenvalue weighted by molar-refractivity contribution is -0.224. The quantitative estimate of drug-likeness (QED) is 0.743. The lowest BCUT2D eigenvalue weighted by atomic mass is 9.41. The molecule has 2 fully saturated rings. The van der Waals surface area contributed by atoms with Crippen LogP contribution in [0.3, 0.4) is 0 Å². The van der Waals surface area contributed by atoms with Gasteiger partial charge in [0.2, 0.25) is 5.78 Å². The highest BCUT2D eigenvalue weighted by Crippen LogP contribution is 2.66. The Bertz CT molecular complexity index is 754. The van der Waals surface area contributed by atoms with E-state index in [1.165, 1.54) is 7.11 Å². The van der Waals surface area contributed by atoms with Crippen molar-refractivity contribution in [3.05, 3.63) is 23.5 Å². The van der Waals surface area contributed by atoms with Crippen molar-refractivity contribution in [1.29, 1.82) is 0 Å². The van der Waals surface area contributed by atoms with Crippen LogP contribution >= 0.6 is 0 Å². The normalized spacial score (nSPS) is 48.7. The third-order valence-corrected chi connectivity index (χ3v) is 7.92. The molecule has 0 amide bonds. The van der Waals surface area contributed by atoms with Crippen LogP contribution in [0.15, 0.2) is 23.5 Å². The SMILES string of the molecule is COC1=CC[C@@H]2C[C@H]3OC(=O)C=C4[C@@H](C)[C@H](OC)[C@@H](O)[C@H]([C@@]2(C)C1=O)[C@]43C.